The van der Waals surface area contributed by atoms with Crippen molar-refractivity contribution in [2.75, 3.05) is 5.32 Å². The second-order valence-electron chi connectivity index (χ2n) is 6.57. The van der Waals surface area contributed by atoms with Gasteiger partial charge in [-0.1, -0.05) is 19.1 Å². The summed E-state index contributed by atoms with van der Waals surface area (Å²) in [6, 6.07) is 5.83. The highest BCUT2D eigenvalue weighted by Gasteiger charge is 2.27. The molecule has 1 aromatic heterocycles. The number of primary amides is 1. The van der Waals surface area contributed by atoms with Crippen LogP contribution in [0.25, 0.3) is 0 Å². The number of amides is 2. The standard InChI is InChI=1S/C18H19N3O4S/c1-10-2-7-13-14(8-10)26-18(16(13)17(19)23)20-15(22)9-11-3-5-12(6-4-11)21(24)25/h3-6,10H,2,7-9H2,1H3,(H2,19,23)(H,20,22)/t10-/m1/s1. The van der Waals surface area contributed by atoms with Crippen molar-refractivity contribution in [3.63, 3.8) is 0 Å². The Kier molecular flexibility index (Phi) is 5.03. The third-order valence-corrected chi connectivity index (χ3v) is 5.69. The number of benzene rings is 1. The molecule has 1 aliphatic rings. The van der Waals surface area contributed by atoms with Crippen LogP contribution >= 0.6 is 11.3 Å². The van der Waals surface area contributed by atoms with Crippen molar-refractivity contribution >= 4 is 33.8 Å². The van der Waals surface area contributed by atoms with Gasteiger partial charge in [0, 0.05) is 17.0 Å². The summed E-state index contributed by atoms with van der Waals surface area (Å²) in [7, 11) is 0. The Bertz CT molecular complexity index is 873. The summed E-state index contributed by atoms with van der Waals surface area (Å²) in [5.74, 6) is -0.263. The van der Waals surface area contributed by atoms with Gasteiger partial charge >= 0.3 is 0 Å². The zero-order chi connectivity index (χ0) is 18.8. The molecule has 1 aromatic carbocycles. The molecule has 1 heterocycles. The molecule has 0 radical (unpaired) electrons. The number of non-ortho nitro benzene ring substituents is 1. The first-order valence-electron chi connectivity index (χ1n) is 8.32. The monoisotopic (exact) mass is 373 g/mol. The highest BCUT2D eigenvalue weighted by Crippen LogP contribution is 2.39. The largest absolute Gasteiger partial charge is 0.365 e. The fourth-order valence-electron chi connectivity index (χ4n) is 3.19. The van der Waals surface area contributed by atoms with E-state index in [2.05, 4.69) is 12.2 Å². The van der Waals surface area contributed by atoms with E-state index < -0.39 is 10.8 Å². The maximum atomic E-state index is 12.4. The Morgan fingerprint density at radius 2 is 2.04 bits per heavy atom. The molecule has 136 valence electrons. The summed E-state index contributed by atoms with van der Waals surface area (Å²) >= 11 is 1.42. The van der Waals surface area contributed by atoms with Crippen molar-refractivity contribution < 1.29 is 14.5 Å². The van der Waals surface area contributed by atoms with E-state index in [-0.39, 0.29) is 18.0 Å². The summed E-state index contributed by atoms with van der Waals surface area (Å²) in [5.41, 5.74) is 7.57. The van der Waals surface area contributed by atoms with Gasteiger partial charge in [0.1, 0.15) is 5.00 Å². The highest BCUT2D eigenvalue weighted by molar-refractivity contribution is 7.17. The summed E-state index contributed by atoms with van der Waals surface area (Å²) in [5, 5.41) is 14.0. The number of hydrogen-bond donors (Lipinski definition) is 2. The number of nitrogens with zero attached hydrogens (tertiary/aromatic N) is 1. The van der Waals surface area contributed by atoms with Gasteiger partial charge < -0.3 is 11.1 Å². The fraction of sp³-hybridized carbons (Fsp3) is 0.333. The molecule has 7 nitrogen and oxygen atoms in total. The number of nitrogens with two attached hydrogens (primary N) is 1. The van der Waals surface area contributed by atoms with E-state index in [4.69, 9.17) is 5.73 Å². The number of fused-ring (bicyclic) bond motifs is 1. The van der Waals surface area contributed by atoms with Gasteiger partial charge in [0.2, 0.25) is 5.91 Å². The minimum Gasteiger partial charge on any atom is -0.365 e. The predicted molar refractivity (Wildman–Crippen MR) is 99.5 cm³/mol. The Hall–Kier alpha value is -2.74. The second kappa shape index (κ2) is 7.25. The molecule has 3 N–H and O–H groups in total. The number of nitrogens with one attached hydrogen (secondary N) is 1. The molecule has 1 atom stereocenters. The number of hydrogen-bond acceptors (Lipinski definition) is 5. The molecule has 3 rings (SSSR count). The van der Waals surface area contributed by atoms with E-state index in [0.717, 1.165) is 29.7 Å². The first-order chi connectivity index (χ1) is 12.3. The third kappa shape index (κ3) is 3.75. The lowest BCUT2D eigenvalue weighted by Crippen LogP contribution is -2.20. The van der Waals surface area contributed by atoms with Gasteiger partial charge in [-0.25, -0.2) is 0 Å². The fourth-order valence-corrected chi connectivity index (χ4v) is 4.62. The molecule has 0 saturated carbocycles. The van der Waals surface area contributed by atoms with Crippen molar-refractivity contribution in [3.8, 4) is 0 Å². The van der Waals surface area contributed by atoms with Gasteiger partial charge in [0.25, 0.3) is 11.6 Å². The van der Waals surface area contributed by atoms with E-state index in [1.54, 1.807) is 12.1 Å². The molecule has 0 unspecified atom stereocenters. The van der Waals surface area contributed by atoms with Crippen LogP contribution in [0.1, 0.15) is 39.7 Å². The third-order valence-electron chi connectivity index (χ3n) is 4.52. The van der Waals surface area contributed by atoms with E-state index >= 15 is 0 Å². The zero-order valence-corrected chi connectivity index (χ0v) is 15.1. The molecule has 26 heavy (non-hydrogen) atoms. The van der Waals surface area contributed by atoms with Crippen molar-refractivity contribution in [3.05, 3.63) is 55.9 Å². The van der Waals surface area contributed by atoms with Crippen molar-refractivity contribution in [2.24, 2.45) is 11.7 Å². The molecule has 0 aliphatic heterocycles. The Balaban J connectivity index is 1.77. The minimum absolute atomic E-state index is 0.0229. The predicted octanol–water partition coefficient (Wildman–Crippen LogP) is 3.06. The lowest BCUT2D eigenvalue weighted by atomic mass is 9.88. The SMILES string of the molecule is C[C@@H]1CCc2c(sc(NC(=O)Cc3ccc([N+](=O)[O-])cc3)c2C(N)=O)C1. The minimum atomic E-state index is -0.525. The molecule has 0 spiro atoms. The topological polar surface area (TPSA) is 115 Å². The highest BCUT2D eigenvalue weighted by atomic mass is 32.1. The quantitative estimate of drug-likeness (QED) is 0.619. The maximum absolute atomic E-state index is 12.4. The molecule has 2 aromatic rings. The van der Waals surface area contributed by atoms with Gasteiger partial charge in [-0.3, -0.25) is 19.7 Å². The average Bonchev–Trinajstić information content (AvgIpc) is 2.91. The lowest BCUT2D eigenvalue weighted by molar-refractivity contribution is -0.384. The number of rotatable bonds is 5. The number of carbonyl (C=O) groups excluding carboxylic acids is 2. The first-order valence-corrected chi connectivity index (χ1v) is 9.14. The van der Waals surface area contributed by atoms with E-state index in [0.29, 0.717) is 22.0 Å². The van der Waals surface area contributed by atoms with Crippen LogP contribution in [-0.4, -0.2) is 16.7 Å². The van der Waals surface area contributed by atoms with Crippen LogP contribution in [0.4, 0.5) is 10.7 Å². The van der Waals surface area contributed by atoms with Gasteiger partial charge in [-0.15, -0.1) is 11.3 Å². The van der Waals surface area contributed by atoms with Crippen molar-refractivity contribution in [2.45, 2.75) is 32.6 Å². The maximum Gasteiger partial charge on any atom is 0.269 e. The molecule has 0 bridgehead atoms. The average molecular weight is 373 g/mol. The molecule has 2 amide bonds. The molecule has 0 saturated heterocycles. The van der Waals surface area contributed by atoms with E-state index in [1.165, 1.54) is 23.5 Å². The van der Waals surface area contributed by atoms with Gasteiger partial charge in [-0.05, 0) is 36.3 Å². The Morgan fingerprint density at radius 3 is 2.65 bits per heavy atom. The summed E-state index contributed by atoms with van der Waals surface area (Å²) in [6.07, 6.45) is 2.75. The van der Waals surface area contributed by atoms with Gasteiger partial charge in [0.15, 0.2) is 0 Å². The number of carbonyl (C=O) groups is 2. The van der Waals surface area contributed by atoms with Crippen LogP contribution in [0.5, 0.6) is 0 Å². The van der Waals surface area contributed by atoms with Gasteiger partial charge in [-0.2, -0.15) is 0 Å². The smallest absolute Gasteiger partial charge is 0.269 e. The van der Waals surface area contributed by atoms with Crippen LogP contribution in [0, 0.1) is 16.0 Å². The number of nitro benzene ring substituents is 1. The van der Waals surface area contributed by atoms with Crippen LogP contribution in [0.3, 0.4) is 0 Å². The molecular weight excluding hydrogens is 354 g/mol. The molecule has 0 fully saturated rings. The summed E-state index contributed by atoms with van der Waals surface area (Å²) < 4.78 is 0. The van der Waals surface area contributed by atoms with Crippen LogP contribution < -0.4 is 11.1 Å². The first kappa shape index (κ1) is 18.1. The van der Waals surface area contributed by atoms with Crippen LogP contribution in [0.2, 0.25) is 0 Å². The van der Waals surface area contributed by atoms with E-state index in [9.17, 15) is 19.7 Å². The molecular formula is C18H19N3O4S. The van der Waals surface area contributed by atoms with Crippen LogP contribution in [-0.2, 0) is 24.1 Å². The lowest BCUT2D eigenvalue weighted by Gasteiger charge is -2.18. The number of thiophene rings is 1. The zero-order valence-electron chi connectivity index (χ0n) is 14.3. The van der Waals surface area contributed by atoms with Gasteiger partial charge in [0.05, 0.1) is 16.9 Å². The Morgan fingerprint density at radius 1 is 1.35 bits per heavy atom. The summed E-state index contributed by atoms with van der Waals surface area (Å²) in [4.78, 5) is 35.6. The van der Waals surface area contributed by atoms with Crippen molar-refractivity contribution in [1.82, 2.24) is 0 Å². The number of anilines is 1. The number of nitro groups is 1. The van der Waals surface area contributed by atoms with Crippen molar-refractivity contribution in [1.29, 1.82) is 0 Å². The normalized spacial score (nSPS) is 16.0. The summed E-state index contributed by atoms with van der Waals surface area (Å²) in [6.45, 7) is 2.17. The second-order valence-corrected chi connectivity index (χ2v) is 7.67. The van der Waals surface area contributed by atoms with E-state index in [1.807, 2.05) is 0 Å². The van der Waals surface area contributed by atoms with Crippen LogP contribution in [0.15, 0.2) is 24.3 Å². The Labute approximate surface area is 154 Å². The molecule has 1 aliphatic carbocycles. The molecule has 8 heteroatoms.